The summed E-state index contributed by atoms with van der Waals surface area (Å²) in [4.78, 5) is 33.2. The van der Waals surface area contributed by atoms with Crippen LogP contribution in [0.15, 0.2) is 530 Å². The molecule has 125 heavy (non-hydrogen) atoms. The van der Waals surface area contributed by atoms with Gasteiger partial charge in [0.1, 0.15) is 5.58 Å². The summed E-state index contributed by atoms with van der Waals surface area (Å²) in [6, 6.07) is 133. The van der Waals surface area contributed by atoms with E-state index in [1.54, 1.807) is 30.0 Å². The second-order valence-corrected chi connectivity index (χ2v) is 30.5. The van der Waals surface area contributed by atoms with Crippen LogP contribution in [-0.4, -0.2) is 39.9 Å². The highest BCUT2D eigenvalue weighted by molar-refractivity contribution is 7.17. The summed E-state index contributed by atoms with van der Waals surface area (Å²) in [7, 11) is 0. The number of aromatic nitrogens is 8. The van der Waals surface area contributed by atoms with Gasteiger partial charge in [0, 0.05) is 74.9 Å². The number of para-hydroxylation sites is 11. The molecule has 1 atom stereocenters. The van der Waals surface area contributed by atoms with Crippen molar-refractivity contribution in [3.8, 4) is 0 Å². The quantitative estimate of drug-likeness (QED) is 0.149. The number of H-pyrrole nitrogens is 1. The van der Waals surface area contributed by atoms with Crippen LogP contribution in [0.1, 0.15) is 6.42 Å². The number of thiophene rings is 1. The smallest absolute Gasteiger partial charge is 0.133 e. The van der Waals surface area contributed by atoms with Crippen molar-refractivity contribution in [1.82, 2.24) is 39.9 Å². The normalized spacial score (nSPS) is 12.7. The van der Waals surface area contributed by atoms with E-state index < -0.39 is 0 Å². The Labute approximate surface area is 729 Å². The van der Waals surface area contributed by atoms with E-state index >= 15 is 0 Å². The third-order valence-electron chi connectivity index (χ3n) is 21.3. The third kappa shape index (κ3) is 21.1. The minimum absolute atomic E-state index is 0.509. The van der Waals surface area contributed by atoms with Crippen molar-refractivity contribution in [3.05, 3.63) is 526 Å². The maximum atomic E-state index is 5.12. The number of rotatable bonds is 0. The predicted octanol–water partition coefficient (Wildman–Crippen LogP) is 30.4. The second kappa shape index (κ2) is 41.1. The van der Waals surface area contributed by atoms with Gasteiger partial charge in [0.25, 0.3) is 0 Å². The maximum Gasteiger partial charge on any atom is 0.133 e. The van der Waals surface area contributed by atoms with Crippen LogP contribution in [0.25, 0.3) is 141 Å². The number of benzene rings is 15. The summed E-state index contributed by atoms with van der Waals surface area (Å²) < 4.78 is 6.49. The molecule has 1 unspecified atom stereocenters. The first-order valence-corrected chi connectivity index (χ1v) is 42.5. The van der Waals surface area contributed by atoms with Crippen molar-refractivity contribution in [2.75, 3.05) is 0 Å². The van der Waals surface area contributed by atoms with E-state index in [0.717, 1.165) is 67.0 Å². The zero-order valence-electron chi connectivity index (χ0n) is 68.6. The summed E-state index contributed by atoms with van der Waals surface area (Å²) in [5.74, 6) is 0.509. The molecule has 9 nitrogen and oxygen atoms in total. The van der Waals surface area contributed by atoms with E-state index in [2.05, 4.69) is 300 Å². The Hall–Kier alpha value is -16.3. The molecule has 0 spiro atoms. The molecular formula is C115H86N8OS. The fourth-order valence-corrected chi connectivity index (χ4v) is 15.9. The van der Waals surface area contributed by atoms with Crippen LogP contribution >= 0.6 is 11.3 Å². The summed E-state index contributed by atoms with van der Waals surface area (Å²) in [6.45, 7) is 0. The lowest BCUT2D eigenvalue weighted by Gasteiger charge is -2.34. The first-order valence-electron chi connectivity index (χ1n) is 41.7. The van der Waals surface area contributed by atoms with E-state index in [1.165, 1.54) is 108 Å². The zero-order chi connectivity index (χ0) is 84.2. The summed E-state index contributed by atoms with van der Waals surface area (Å²) in [5.41, 5.74) is 18.4. The Kier molecular flexibility index (Phi) is 26.7. The molecule has 0 aliphatic heterocycles. The maximum absolute atomic E-state index is 5.12. The number of pyridine rings is 3. The van der Waals surface area contributed by atoms with Crippen molar-refractivity contribution >= 4 is 152 Å². The SMILES string of the molecule is C1=CC2=CC=C3CC=CC4=C3C2C(=C1)C=C4.c1ccc2[nH]ccc2c1.c1ccc2cc3ccccc3cc2c1.c1ccc2ccccc2c1.c1ccc2cnccc2c1.c1ccc2nc3ccccc3cc2c1.c1ccc2nc3ccccc3nc2c1.c1ccc2ncccc2c1.c1ccc2nccnc2c1.c1ccc2occc2c1.c1ccc2sccc2c1. The first kappa shape index (κ1) is 81.1. The molecule has 15 aromatic carbocycles. The van der Waals surface area contributed by atoms with Gasteiger partial charge < -0.3 is 9.40 Å². The molecule has 4 aliphatic carbocycles. The molecule has 23 aromatic rings. The molecule has 8 aromatic heterocycles. The summed E-state index contributed by atoms with van der Waals surface area (Å²) in [5, 5.41) is 19.8. The van der Waals surface area contributed by atoms with Gasteiger partial charge in [0.2, 0.25) is 0 Å². The third-order valence-corrected chi connectivity index (χ3v) is 22.2. The number of furan rings is 1. The Bertz CT molecular complexity index is 6470. The minimum Gasteiger partial charge on any atom is -0.464 e. The molecule has 598 valence electrons. The van der Waals surface area contributed by atoms with Crippen molar-refractivity contribution in [1.29, 1.82) is 0 Å². The van der Waals surface area contributed by atoms with Gasteiger partial charge in [-0.05, 0) is 215 Å². The van der Waals surface area contributed by atoms with Crippen LogP contribution in [0, 0.1) is 5.92 Å². The Balaban J connectivity index is 0.0000000978. The summed E-state index contributed by atoms with van der Waals surface area (Å²) in [6.07, 6.45) is 33.9. The van der Waals surface area contributed by atoms with Crippen molar-refractivity contribution in [2.45, 2.75) is 6.42 Å². The van der Waals surface area contributed by atoms with E-state index in [-0.39, 0.29) is 0 Å². The highest BCUT2D eigenvalue weighted by Crippen LogP contribution is 2.46. The van der Waals surface area contributed by atoms with Crippen LogP contribution in [-0.2, 0) is 0 Å². The fraction of sp³-hybridized carbons (Fsp3) is 0.0174. The lowest BCUT2D eigenvalue weighted by Crippen LogP contribution is -2.20. The van der Waals surface area contributed by atoms with Gasteiger partial charge in [-0.3, -0.25) is 19.9 Å². The first-order chi connectivity index (χ1) is 62.0. The van der Waals surface area contributed by atoms with E-state index in [9.17, 15) is 0 Å². The molecule has 0 saturated carbocycles. The molecule has 10 heteroatoms. The van der Waals surface area contributed by atoms with Gasteiger partial charge in [-0.25, -0.2) is 15.0 Å². The number of hydrogen-bond acceptors (Lipinski definition) is 9. The van der Waals surface area contributed by atoms with Crippen LogP contribution in [0.4, 0.5) is 0 Å². The van der Waals surface area contributed by atoms with Crippen LogP contribution < -0.4 is 0 Å². The number of fused-ring (bicyclic) bond motifs is 13. The summed E-state index contributed by atoms with van der Waals surface area (Å²) >= 11 is 1.79. The minimum atomic E-state index is 0.509. The molecule has 27 rings (SSSR count). The average molecular weight is 1630 g/mol. The van der Waals surface area contributed by atoms with Gasteiger partial charge in [-0.15, -0.1) is 11.3 Å². The van der Waals surface area contributed by atoms with Crippen molar-refractivity contribution in [3.63, 3.8) is 0 Å². The van der Waals surface area contributed by atoms with Gasteiger partial charge in [-0.2, -0.15) is 0 Å². The second-order valence-electron chi connectivity index (χ2n) is 29.5. The molecule has 1 N–H and O–H groups in total. The Morgan fingerprint density at radius 3 is 1.30 bits per heavy atom. The lowest BCUT2D eigenvalue weighted by atomic mass is 9.69. The van der Waals surface area contributed by atoms with E-state index in [0.29, 0.717) is 5.92 Å². The Morgan fingerprint density at radius 2 is 0.736 bits per heavy atom. The predicted molar refractivity (Wildman–Crippen MR) is 528 cm³/mol. The van der Waals surface area contributed by atoms with Gasteiger partial charge in [-0.1, -0.05) is 328 Å². The molecule has 0 bridgehead atoms. The molecule has 0 fully saturated rings. The number of nitrogens with zero attached hydrogens (tertiary/aromatic N) is 7. The zero-order valence-corrected chi connectivity index (χ0v) is 69.4. The molecule has 0 saturated heterocycles. The number of allylic oxidation sites excluding steroid dienone is 14. The Morgan fingerprint density at radius 1 is 0.296 bits per heavy atom. The van der Waals surface area contributed by atoms with Crippen LogP contribution in [0.2, 0.25) is 0 Å². The van der Waals surface area contributed by atoms with Crippen molar-refractivity contribution in [2.24, 2.45) is 5.92 Å². The molecule has 8 heterocycles. The van der Waals surface area contributed by atoms with Gasteiger partial charge in [0.05, 0.1) is 55.9 Å². The number of nitrogens with one attached hydrogen (secondary N) is 1. The standard InChI is InChI=1S/C16H12.C14H10.C13H9N.C12H8N2.C10H8.2C9H7N.C8H6N2.C8H7N.C8H6O.C8H6S/c1-3-11-7-9-13-5-2-6-14-10-8-12(4-1)15(11)16(13)14;1-2-6-12-10-14-8-4-3-7-13(14)9-11(12)5-1;1-3-7-12-10(5-1)9-11-6-2-4-8-13(11)14-12;1-2-6-10-9(5-1)13-11-7-3-4-8-12(11)14-10;1-2-6-10-8-4-3-7-9(10)5-1;1-2-6-9-8(4-1)5-3-7-10-9;1-2-4-9-7-10-6-5-8(9)3-1;1-2-4-8-7(3-1)9-5-6-10-8;3*1-2-4-8-7(3-1)5-6-9-8/h1-5,7-10,15H,6H2;1-10H;1-9H;1-8H;1-8H;2*1-7H;1-6H;1-6,9H;2*1-6H. The monoisotopic (exact) mass is 1630 g/mol. The fourth-order valence-electron chi connectivity index (χ4n) is 15.1. The molecular weight excluding hydrogens is 1540 g/mol. The molecule has 4 aliphatic rings. The highest BCUT2D eigenvalue weighted by atomic mass is 32.1. The van der Waals surface area contributed by atoms with Crippen LogP contribution in [0.3, 0.4) is 0 Å². The average Bonchev–Trinajstić information content (AvgIpc) is 1.68. The molecule has 0 amide bonds. The van der Waals surface area contributed by atoms with Crippen LogP contribution in [0.5, 0.6) is 0 Å². The largest absolute Gasteiger partial charge is 0.464 e. The van der Waals surface area contributed by atoms with Crippen molar-refractivity contribution < 1.29 is 4.42 Å². The number of aromatic amines is 1. The van der Waals surface area contributed by atoms with E-state index in [4.69, 9.17) is 4.42 Å². The van der Waals surface area contributed by atoms with Gasteiger partial charge in [0.15, 0.2) is 0 Å². The van der Waals surface area contributed by atoms with Gasteiger partial charge >= 0.3 is 0 Å². The van der Waals surface area contributed by atoms with E-state index in [1.807, 2.05) is 219 Å². The number of hydrogen-bond donors (Lipinski definition) is 1. The topological polar surface area (TPSA) is 119 Å². The lowest BCUT2D eigenvalue weighted by molar-refractivity contribution is 0.616. The highest BCUT2D eigenvalue weighted by Gasteiger charge is 2.31. The molecule has 0 radical (unpaired) electrons.